The van der Waals surface area contributed by atoms with Gasteiger partial charge in [-0.05, 0) is 66.8 Å². The number of hydrogen-bond acceptors (Lipinski definition) is 2. The van der Waals surface area contributed by atoms with Crippen LogP contribution in [0.15, 0.2) is 59.6 Å². The fraction of sp³-hybridized carbons (Fsp3) is 0.292. The zero-order chi connectivity index (χ0) is 19.2. The van der Waals surface area contributed by atoms with Gasteiger partial charge in [0.05, 0.1) is 10.7 Å². The van der Waals surface area contributed by atoms with Crippen LogP contribution in [0.1, 0.15) is 44.2 Å². The Morgan fingerprint density at radius 1 is 1.07 bits per heavy atom. The minimum Gasteiger partial charge on any atom is -0.369 e. The molecule has 0 bridgehead atoms. The smallest absolute Gasteiger partial charge is 0.0636 e. The lowest BCUT2D eigenvalue weighted by atomic mass is 9.80. The van der Waals surface area contributed by atoms with E-state index in [0.29, 0.717) is 5.92 Å². The Morgan fingerprint density at radius 2 is 1.81 bits per heavy atom. The van der Waals surface area contributed by atoms with E-state index >= 15 is 0 Å². The highest BCUT2D eigenvalue weighted by Gasteiger charge is 2.34. The Labute approximate surface area is 166 Å². The van der Waals surface area contributed by atoms with Gasteiger partial charge < -0.3 is 4.90 Å². The zero-order valence-electron chi connectivity index (χ0n) is 16.3. The van der Waals surface area contributed by atoms with Gasteiger partial charge in [0.25, 0.3) is 0 Å². The van der Waals surface area contributed by atoms with E-state index in [1.54, 1.807) is 0 Å². The van der Waals surface area contributed by atoms with Gasteiger partial charge in [0, 0.05) is 30.1 Å². The van der Waals surface area contributed by atoms with Gasteiger partial charge in [-0.1, -0.05) is 48.9 Å². The first kappa shape index (κ1) is 18.1. The van der Waals surface area contributed by atoms with Gasteiger partial charge in [-0.2, -0.15) is 0 Å². The van der Waals surface area contributed by atoms with Crippen LogP contribution in [-0.2, 0) is 0 Å². The van der Waals surface area contributed by atoms with Crippen molar-refractivity contribution in [2.24, 2.45) is 4.99 Å². The molecule has 2 nitrogen and oxygen atoms in total. The number of aliphatic imine (C=N–C) groups is 1. The highest BCUT2D eigenvalue weighted by atomic mass is 35.5. The monoisotopic (exact) mass is 376 g/mol. The molecule has 3 aromatic rings. The average Bonchev–Trinajstić information content (AvgIpc) is 2.64. The molecule has 0 saturated heterocycles. The largest absolute Gasteiger partial charge is 0.369 e. The number of halogens is 1. The van der Waals surface area contributed by atoms with E-state index in [-0.39, 0.29) is 5.54 Å². The maximum absolute atomic E-state index is 6.61. The predicted octanol–water partition coefficient (Wildman–Crippen LogP) is 6.97. The summed E-state index contributed by atoms with van der Waals surface area (Å²) in [5, 5.41) is 3.17. The summed E-state index contributed by atoms with van der Waals surface area (Å²) >= 11 is 6.61. The third-order valence-electron chi connectivity index (χ3n) is 5.84. The molecule has 1 heterocycles. The molecule has 0 amide bonds. The quantitative estimate of drug-likeness (QED) is 0.441. The molecule has 0 spiro atoms. The average molecular weight is 377 g/mol. The summed E-state index contributed by atoms with van der Waals surface area (Å²) in [6, 6.07) is 18.9. The molecule has 0 fully saturated rings. The molecule has 0 saturated carbocycles. The topological polar surface area (TPSA) is 15.6 Å². The summed E-state index contributed by atoms with van der Waals surface area (Å²) in [6.07, 6.45) is 3.01. The van der Waals surface area contributed by atoms with Crippen molar-refractivity contribution >= 4 is 40.0 Å². The van der Waals surface area contributed by atoms with Crippen molar-refractivity contribution in [1.82, 2.24) is 0 Å². The maximum atomic E-state index is 6.61. The minimum absolute atomic E-state index is 0.135. The predicted molar refractivity (Wildman–Crippen MR) is 118 cm³/mol. The Balaban J connectivity index is 1.70. The van der Waals surface area contributed by atoms with E-state index in [1.165, 1.54) is 22.0 Å². The fourth-order valence-electron chi connectivity index (χ4n) is 4.10. The summed E-state index contributed by atoms with van der Waals surface area (Å²) in [5.74, 6) is 0.497. The molecule has 138 valence electrons. The van der Waals surface area contributed by atoms with Gasteiger partial charge in [0.1, 0.15) is 0 Å². The minimum atomic E-state index is 0.135. The van der Waals surface area contributed by atoms with Gasteiger partial charge in [-0.15, -0.1) is 0 Å². The molecule has 0 radical (unpaired) electrons. The SMILES string of the molecule is CC1CC(C)(C)N(C)c2cc(Cl)c(C=Nc3ccc4ccccc4c3)cc21. The highest BCUT2D eigenvalue weighted by Crippen LogP contribution is 2.44. The van der Waals surface area contributed by atoms with Crippen molar-refractivity contribution in [3.63, 3.8) is 0 Å². The number of fused-ring (bicyclic) bond motifs is 2. The standard InChI is InChI=1S/C24H25ClN2/c1-16-14-24(2,3)27(4)23-13-22(25)19(12-21(16)23)15-26-20-10-9-17-7-5-6-8-18(17)11-20/h5-13,15-16H,14H2,1-4H3. The normalized spacial score (nSPS) is 18.9. The maximum Gasteiger partial charge on any atom is 0.0636 e. The second-order valence-corrected chi connectivity index (χ2v) is 8.61. The van der Waals surface area contributed by atoms with Crippen LogP contribution in [0.5, 0.6) is 0 Å². The lowest BCUT2D eigenvalue weighted by Gasteiger charge is -2.45. The molecule has 1 aliphatic rings. The van der Waals surface area contributed by atoms with Gasteiger partial charge in [0.2, 0.25) is 0 Å². The van der Waals surface area contributed by atoms with Crippen LogP contribution in [0.25, 0.3) is 10.8 Å². The van der Waals surface area contributed by atoms with Crippen LogP contribution in [0.2, 0.25) is 5.02 Å². The molecular weight excluding hydrogens is 352 g/mol. The second kappa shape index (κ2) is 6.69. The first-order chi connectivity index (χ1) is 12.8. The molecule has 4 rings (SSSR count). The number of rotatable bonds is 2. The molecule has 1 unspecified atom stereocenters. The molecule has 0 aliphatic carbocycles. The van der Waals surface area contributed by atoms with Crippen molar-refractivity contribution in [2.45, 2.75) is 38.6 Å². The van der Waals surface area contributed by atoms with Crippen LogP contribution in [-0.4, -0.2) is 18.8 Å². The number of nitrogens with zero attached hydrogens (tertiary/aromatic N) is 2. The summed E-state index contributed by atoms with van der Waals surface area (Å²) in [7, 11) is 2.16. The first-order valence-electron chi connectivity index (χ1n) is 9.45. The highest BCUT2D eigenvalue weighted by molar-refractivity contribution is 6.33. The van der Waals surface area contributed by atoms with Crippen molar-refractivity contribution in [1.29, 1.82) is 0 Å². The van der Waals surface area contributed by atoms with Gasteiger partial charge in [-0.3, -0.25) is 4.99 Å². The van der Waals surface area contributed by atoms with Crippen molar-refractivity contribution in [3.05, 3.63) is 70.7 Å². The van der Waals surface area contributed by atoms with E-state index in [1.807, 2.05) is 12.3 Å². The number of benzene rings is 3. The summed E-state index contributed by atoms with van der Waals surface area (Å²) in [4.78, 5) is 7.03. The Hall–Kier alpha value is -2.32. The Morgan fingerprint density at radius 3 is 2.59 bits per heavy atom. The van der Waals surface area contributed by atoms with Gasteiger partial charge >= 0.3 is 0 Å². The molecule has 27 heavy (non-hydrogen) atoms. The third kappa shape index (κ3) is 3.35. The summed E-state index contributed by atoms with van der Waals surface area (Å²) in [5.41, 5.74) is 4.63. The van der Waals surface area contributed by atoms with Crippen LogP contribution in [0, 0.1) is 0 Å². The van der Waals surface area contributed by atoms with Crippen molar-refractivity contribution in [2.75, 3.05) is 11.9 Å². The van der Waals surface area contributed by atoms with E-state index in [2.05, 4.69) is 86.2 Å². The van der Waals surface area contributed by atoms with Gasteiger partial charge in [0.15, 0.2) is 0 Å². The van der Waals surface area contributed by atoms with E-state index in [9.17, 15) is 0 Å². The Bertz CT molecular complexity index is 1040. The second-order valence-electron chi connectivity index (χ2n) is 8.20. The third-order valence-corrected chi connectivity index (χ3v) is 6.17. The molecule has 0 N–H and O–H groups in total. The number of hydrogen-bond donors (Lipinski definition) is 0. The van der Waals surface area contributed by atoms with Crippen LogP contribution in [0.4, 0.5) is 11.4 Å². The van der Waals surface area contributed by atoms with Crippen LogP contribution < -0.4 is 4.90 Å². The van der Waals surface area contributed by atoms with Crippen molar-refractivity contribution < 1.29 is 0 Å². The van der Waals surface area contributed by atoms with E-state index < -0.39 is 0 Å². The molecular formula is C24H25ClN2. The molecule has 1 aliphatic heterocycles. The van der Waals surface area contributed by atoms with Gasteiger partial charge in [-0.25, -0.2) is 0 Å². The Kier molecular flexibility index (Phi) is 4.47. The summed E-state index contributed by atoms with van der Waals surface area (Å²) in [6.45, 7) is 6.87. The fourth-order valence-corrected chi connectivity index (χ4v) is 4.31. The lowest BCUT2D eigenvalue weighted by Crippen LogP contribution is -2.45. The molecule has 0 aromatic heterocycles. The van der Waals surface area contributed by atoms with E-state index in [0.717, 1.165) is 22.7 Å². The molecule has 3 heteroatoms. The lowest BCUT2D eigenvalue weighted by molar-refractivity contribution is 0.395. The number of anilines is 1. The van der Waals surface area contributed by atoms with Crippen LogP contribution in [0.3, 0.4) is 0 Å². The van der Waals surface area contributed by atoms with E-state index in [4.69, 9.17) is 11.6 Å². The van der Waals surface area contributed by atoms with Crippen LogP contribution >= 0.6 is 11.6 Å². The molecule has 1 atom stereocenters. The van der Waals surface area contributed by atoms with Crippen molar-refractivity contribution in [3.8, 4) is 0 Å². The zero-order valence-corrected chi connectivity index (χ0v) is 17.1. The summed E-state index contributed by atoms with van der Waals surface area (Å²) < 4.78 is 0. The first-order valence-corrected chi connectivity index (χ1v) is 9.83. The molecule has 3 aromatic carbocycles.